The van der Waals surface area contributed by atoms with E-state index in [0.717, 1.165) is 31.2 Å². The van der Waals surface area contributed by atoms with Crippen molar-refractivity contribution in [2.75, 3.05) is 0 Å². The zero-order valence-corrected chi connectivity index (χ0v) is 16.1. The Morgan fingerprint density at radius 3 is 2.79 bits per heavy atom. The highest BCUT2D eigenvalue weighted by Crippen LogP contribution is 2.52. The summed E-state index contributed by atoms with van der Waals surface area (Å²) in [5.41, 5.74) is 0.599. The smallest absolute Gasteiger partial charge is 0.228 e. The fourth-order valence-electron chi connectivity index (χ4n) is 4.92. The van der Waals surface area contributed by atoms with E-state index >= 15 is 0 Å². The van der Waals surface area contributed by atoms with E-state index in [-0.39, 0.29) is 23.9 Å². The van der Waals surface area contributed by atoms with Crippen molar-refractivity contribution in [3.8, 4) is 0 Å². The topological polar surface area (TPSA) is 93.0 Å². The Hall–Kier alpha value is -2.77. The van der Waals surface area contributed by atoms with Gasteiger partial charge in [-0.3, -0.25) is 9.59 Å². The second kappa shape index (κ2) is 7.69. The van der Waals surface area contributed by atoms with Crippen LogP contribution in [0.15, 0.2) is 36.7 Å². The van der Waals surface area contributed by atoms with Gasteiger partial charge in [-0.25, -0.2) is 4.68 Å². The Morgan fingerprint density at radius 1 is 1.25 bits per heavy atom. The lowest BCUT2D eigenvalue weighted by Gasteiger charge is -2.35. The maximum absolute atomic E-state index is 13.2. The molecule has 2 aromatic rings. The van der Waals surface area contributed by atoms with Crippen LogP contribution in [0.1, 0.15) is 44.6 Å². The molecule has 2 saturated heterocycles. The maximum Gasteiger partial charge on any atom is 0.228 e. The van der Waals surface area contributed by atoms with Gasteiger partial charge in [0.05, 0.1) is 12.0 Å². The van der Waals surface area contributed by atoms with Crippen LogP contribution in [0.5, 0.6) is 0 Å². The summed E-state index contributed by atoms with van der Waals surface area (Å²) < 4.78 is 1.56. The van der Waals surface area contributed by atoms with Gasteiger partial charge >= 0.3 is 0 Å². The third-order valence-corrected chi connectivity index (χ3v) is 6.35. The van der Waals surface area contributed by atoms with Crippen molar-refractivity contribution in [3.63, 3.8) is 0 Å². The SMILES string of the molecule is CC[C@@]1(C(=O)NCc2ccccc2)C[C@@H]2CC[C@H]1N2C(=O)CCn1cnnn1. The van der Waals surface area contributed by atoms with Crippen LogP contribution in [0.4, 0.5) is 0 Å². The first kappa shape index (κ1) is 18.6. The lowest BCUT2D eigenvalue weighted by molar-refractivity contribution is -0.137. The molecule has 0 aliphatic carbocycles. The summed E-state index contributed by atoms with van der Waals surface area (Å²) in [5, 5.41) is 14.1. The molecule has 0 radical (unpaired) electrons. The Morgan fingerprint density at radius 2 is 2.07 bits per heavy atom. The molecular weight excluding hydrogens is 356 g/mol. The highest BCUT2D eigenvalue weighted by atomic mass is 16.2. The molecule has 1 aromatic heterocycles. The van der Waals surface area contributed by atoms with Crippen molar-refractivity contribution >= 4 is 11.8 Å². The Bertz CT molecular complexity index is 824. The molecule has 2 amide bonds. The van der Waals surface area contributed by atoms with Crippen LogP contribution >= 0.6 is 0 Å². The van der Waals surface area contributed by atoms with Crippen molar-refractivity contribution in [1.29, 1.82) is 0 Å². The van der Waals surface area contributed by atoms with Gasteiger partial charge in [0, 0.05) is 25.0 Å². The molecular formula is C20H26N6O2. The van der Waals surface area contributed by atoms with Crippen molar-refractivity contribution in [1.82, 2.24) is 30.4 Å². The van der Waals surface area contributed by atoms with E-state index in [9.17, 15) is 9.59 Å². The third kappa shape index (κ3) is 3.27. The van der Waals surface area contributed by atoms with Crippen molar-refractivity contribution in [3.05, 3.63) is 42.2 Å². The fraction of sp³-hybridized carbons (Fsp3) is 0.550. The number of rotatable bonds is 7. The Balaban J connectivity index is 1.43. The minimum atomic E-state index is -0.484. The van der Waals surface area contributed by atoms with Crippen molar-refractivity contribution < 1.29 is 9.59 Å². The molecule has 1 N–H and O–H groups in total. The van der Waals surface area contributed by atoms with E-state index in [1.807, 2.05) is 35.2 Å². The fourth-order valence-corrected chi connectivity index (χ4v) is 4.92. The third-order valence-electron chi connectivity index (χ3n) is 6.35. The molecule has 3 heterocycles. The number of aromatic nitrogens is 4. The zero-order valence-electron chi connectivity index (χ0n) is 16.1. The lowest BCUT2D eigenvalue weighted by Crippen LogP contribution is -2.49. The predicted molar refractivity (Wildman–Crippen MR) is 102 cm³/mol. The van der Waals surface area contributed by atoms with E-state index in [1.165, 1.54) is 6.33 Å². The van der Waals surface area contributed by atoms with E-state index in [2.05, 4.69) is 27.8 Å². The monoisotopic (exact) mass is 382 g/mol. The molecule has 0 unspecified atom stereocenters. The van der Waals surface area contributed by atoms with Crippen LogP contribution < -0.4 is 5.32 Å². The van der Waals surface area contributed by atoms with Gasteiger partial charge in [-0.15, -0.1) is 5.10 Å². The van der Waals surface area contributed by atoms with Crippen LogP contribution in [0.3, 0.4) is 0 Å². The van der Waals surface area contributed by atoms with Crippen LogP contribution in [0, 0.1) is 5.41 Å². The van der Waals surface area contributed by atoms with Gasteiger partial charge in [-0.05, 0) is 41.7 Å². The van der Waals surface area contributed by atoms with Crippen LogP contribution in [0.25, 0.3) is 0 Å². The number of nitrogens with zero attached hydrogens (tertiary/aromatic N) is 5. The van der Waals surface area contributed by atoms with Gasteiger partial charge < -0.3 is 10.2 Å². The number of hydrogen-bond acceptors (Lipinski definition) is 5. The number of benzene rings is 1. The van der Waals surface area contributed by atoms with Gasteiger partial charge in [0.15, 0.2) is 0 Å². The van der Waals surface area contributed by atoms with Crippen LogP contribution in [0.2, 0.25) is 0 Å². The number of aryl methyl sites for hydroxylation is 1. The summed E-state index contributed by atoms with van der Waals surface area (Å²) >= 11 is 0. The summed E-state index contributed by atoms with van der Waals surface area (Å²) in [7, 11) is 0. The highest BCUT2D eigenvalue weighted by Gasteiger charge is 2.59. The van der Waals surface area contributed by atoms with Gasteiger partial charge in [-0.1, -0.05) is 37.3 Å². The number of amides is 2. The molecule has 2 aliphatic rings. The molecule has 8 heteroatoms. The predicted octanol–water partition coefficient (Wildman–Crippen LogP) is 1.54. The molecule has 8 nitrogen and oxygen atoms in total. The highest BCUT2D eigenvalue weighted by molar-refractivity contribution is 5.87. The standard InChI is InChI=1S/C20H26N6O2/c1-2-20(19(28)21-13-15-6-4-3-5-7-15)12-16-8-9-17(20)26(16)18(27)10-11-25-14-22-23-24-25/h3-7,14,16-17H,2,8-13H2,1H3,(H,21,28)/t16-,17+,20+/m0/s1. The van der Waals surface area contributed by atoms with Crippen molar-refractivity contribution in [2.24, 2.45) is 5.41 Å². The molecule has 0 spiro atoms. The molecule has 1 aromatic carbocycles. The molecule has 4 rings (SSSR count). The Labute approximate surface area is 164 Å². The van der Waals surface area contributed by atoms with E-state index in [4.69, 9.17) is 0 Å². The molecule has 2 aliphatic heterocycles. The van der Waals surface area contributed by atoms with Gasteiger partial charge in [0.1, 0.15) is 6.33 Å². The molecule has 3 atom stereocenters. The largest absolute Gasteiger partial charge is 0.351 e. The second-order valence-corrected chi connectivity index (χ2v) is 7.75. The van der Waals surface area contributed by atoms with E-state index in [1.54, 1.807) is 4.68 Å². The molecule has 2 fully saturated rings. The number of carbonyl (C=O) groups excluding carboxylic acids is 2. The summed E-state index contributed by atoms with van der Waals surface area (Å²) in [6, 6.07) is 10.1. The van der Waals surface area contributed by atoms with Crippen LogP contribution in [-0.4, -0.2) is 49.0 Å². The molecule has 2 bridgehead atoms. The lowest BCUT2D eigenvalue weighted by atomic mass is 9.71. The van der Waals surface area contributed by atoms with Gasteiger partial charge in [-0.2, -0.15) is 0 Å². The van der Waals surface area contributed by atoms with Gasteiger partial charge in [0.25, 0.3) is 0 Å². The second-order valence-electron chi connectivity index (χ2n) is 7.75. The quantitative estimate of drug-likeness (QED) is 0.784. The maximum atomic E-state index is 13.2. The number of carbonyl (C=O) groups is 2. The van der Waals surface area contributed by atoms with E-state index < -0.39 is 5.41 Å². The minimum Gasteiger partial charge on any atom is -0.351 e. The molecule has 148 valence electrons. The normalized spacial score (nSPS) is 25.8. The number of fused-ring (bicyclic) bond motifs is 2. The average Bonchev–Trinajstić information content (AvgIpc) is 3.46. The molecule has 0 saturated carbocycles. The minimum absolute atomic E-state index is 0.0142. The molecule has 28 heavy (non-hydrogen) atoms. The number of tetrazole rings is 1. The first-order valence-electron chi connectivity index (χ1n) is 9.98. The number of nitrogens with one attached hydrogen (secondary N) is 1. The zero-order chi connectivity index (χ0) is 19.6. The summed E-state index contributed by atoms with van der Waals surface area (Å²) in [6.45, 7) is 3.04. The first-order valence-corrected chi connectivity index (χ1v) is 9.98. The summed E-state index contributed by atoms with van der Waals surface area (Å²) in [5.74, 6) is 0.165. The summed E-state index contributed by atoms with van der Waals surface area (Å²) in [6.07, 6.45) is 5.24. The Kier molecular flexibility index (Phi) is 5.11. The van der Waals surface area contributed by atoms with E-state index in [0.29, 0.717) is 19.5 Å². The van der Waals surface area contributed by atoms with Gasteiger partial charge in [0.2, 0.25) is 11.8 Å². The summed E-state index contributed by atoms with van der Waals surface area (Å²) in [4.78, 5) is 28.1. The average molecular weight is 382 g/mol. The first-order chi connectivity index (χ1) is 13.6. The number of hydrogen-bond donors (Lipinski definition) is 1. The van der Waals surface area contributed by atoms with Crippen LogP contribution in [-0.2, 0) is 22.7 Å². The van der Waals surface area contributed by atoms with Crippen molar-refractivity contribution in [2.45, 2.75) is 64.2 Å².